The molecule has 3 heterocycles. The second-order valence-corrected chi connectivity index (χ2v) is 8.69. The maximum absolute atomic E-state index is 12.9. The molecule has 37 heavy (non-hydrogen) atoms. The predicted octanol–water partition coefficient (Wildman–Crippen LogP) is 4.29. The van der Waals surface area contributed by atoms with Crippen molar-refractivity contribution in [1.82, 2.24) is 9.97 Å². The summed E-state index contributed by atoms with van der Waals surface area (Å²) in [6.45, 7) is 2.68. The van der Waals surface area contributed by atoms with Crippen LogP contribution in [-0.2, 0) is 14.3 Å². The molecule has 1 aliphatic rings. The van der Waals surface area contributed by atoms with Crippen molar-refractivity contribution in [3.8, 4) is 0 Å². The van der Waals surface area contributed by atoms with Crippen LogP contribution in [0.1, 0.15) is 29.5 Å². The summed E-state index contributed by atoms with van der Waals surface area (Å²) in [6, 6.07) is 20.0. The van der Waals surface area contributed by atoms with Gasteiger partial charge in [-0.15, -0.1) is 0 Å². The molecule has 3 amide bonds. The highest BCUT2D eigenvalue weighted by Crippen LogP contribution is 2.26. The van der Waals surface area contributed by atoms with Gasteiger partial charge in [0.1, 0.15) is 18.1 Å². The third kappa shape index (κ3) is 4.92. The van der Waals surface area contributed by atoms with Crippen LogP contribution in [0.15, 0.2) is 72.9 Å². The Hall–Kier alpha value is -4.92. The van der Waals surface area contributed by atoms with Crippen LogP contribution >= 0.6 is 0 Å². The van der Waals surface area contributed by atoms with Crippen LogP contribution in [0, 0.1) is 0 Å². The molecule has 2 aromatic heterocycles. The lowest BCUT2D eigenvalue weighted by molar-refractivity contribution is -0.117. The highest BCUT2D eigenvalue weighted by Gasteiger charge is 2.24. The first kappa shape index (κ1) is 23.8. The average molecular weight is 496 g/mol. The molecule has 1 saturated heterocycles. The van der Waals surface area contributed by atoms with E-state index in [-0.39, 0.29) is 12.0 Å². The van der Waals surface area contributed by atoms with Gasteiger partial charge in [-0.05, 0) is 48.4 Å². The van der Waals surface area contributed by atoms with E-state index in [1.165, 1.54) is 0 Å². The monoisotopic (exact) mass is 495 g/mol. The number of hydrogen-bond donors (Lipinski definition) is 3. The first-order valence-corrected chi connectivity index (χ1v) is 11.8. The number of H-pyrrole nitrogens is 1. The van der Waals surface area contributed by atoms with Gasteiger partial charge in [0, 0.05) is 28.4 Å². The number of ether oxygens (including phenoxy) is 1. The van der Waals surface area contributed by atoms with Gasteiger partial charge in [0.05, 0.1) is 12.5 Å². The van der Waals surface area contributed by atoms with Crippen LogP contribution in [0.5, 0.6) is 0 Å². The number of aromatic nitrogens is 2. The molecular weight excluding hydrogens is 470 g/mol. The van der Waals surface area contributed by atoms with E-state index in [4.69, 9.17) is 10.5 Å². The second kappa shape index (κ2) is 9.98. The number of nitrogens with two attached hydrogens (primary N) is 1. The van der Waals surface area contributed by atoms with Crippen molar-refractivity contribution >= 4 is 52.1 Å². The normalized spacial score (nSPS) is 14.5. The van der Waals surface area contributed by atoms with E-state index in [2.05, 4.69) is 15.3 Å². The number of nitrogens with one attached hydrogen (secondary N) is 2. The van der Waals surface area contributed by atoms with E-state index in [0.717, 1.165) is 27.8 Å². The Labute approximate surface area is 212 Å². The minimum Gasteiger partial charge on any atom is -0.447 e. The quantitative estimate of drug-likeness (QED) is 0.329. The first-order valence-electron chi connectivity index (χ1n) is 11.8. The number of pyridine rings is 1. The number of hydrogen-bond acceptors (Lipinski definition) is 5. The van der Waals surface area contributed by atoms with Crippen LogP contribution in [0.4, 0.5) is 16.3 Å². The number of primary amides is 1. The van der Waals surface area contributed by atoms with Crippen LogP contribution in [0.25, 0.3) is 22.7 Å². The maximum Gasteiger partial charge on any atom is 0.414 e. The average Bonchev–Trinajstić information content (AvgIpc) is 3.52. The van der Waals surface area contributed by atoms with Gasteiger partial charge < -0.3 is 20.8 Å². The molecule has 186 valence electrons. The summed E-state index contributed by atoms with van der Waals surface area (Å²) in [5.74, 6) is -0.786. The minimum atomic E-state index is -0.528. The molecule has 0 bridgehead atoms. The van der Waals surface area contributed by atoms with Crippen molar-refractivity contribution in [1.29, 1.82) is 0 Å². The SMILES string of the molecule is CC(C(=O)Nc1ccc2c(/C=C(/C(N)=O)c3ccccc3)c[nH]c2n1)c1ccc(N2CCOC2=O)cc1. The highest BCUT2D eigenvalue weighted by atomic mass is 16.6. The molecule has 0 aliphatic carbocycles. The zero-order valence-electron chi connectivity index (χ0n) is 20.1. The van der Waals surface area contributed by atoms with Gasteiger partial charge in [-0.1, -0.05) is 42.5 Å². The Morgan fingerprint density at radius 1 is 1.11 bits per heavy atom. The molecule has 0 radical (unpaired) electrons. The fraction of sp³-hybridized carbons (Fsp3) is 0.143. The van der Waals surface area contributed by atoms with Crippen molar-refractivity contribution in [2.75, 3.05) is 23.4 Å². The van der Waals surface area contributed by atoms with Gasteiger partial charge >= 0.3 is 6.09 Å². The number of rotatable bonds is 7. The molecule has 1 aliphatic heterocycles. The smallest absolute Gasteiger partial charge is 0.414 e. The van der Waals surface area contributed by atoms with Crippen LogP contribution in [-0.4, -0.2) is 41.0 Å². The molecule has 9 heteroatoms. The van der Waals surface area contributed by atoms with Gasteiger partial charge in [-0.2, -0.15) is 0 Å². The number of nitrogens with zero attached hydrogens (tertiary/aromatic N) is 2. The third-order valence-electron chi connectivity index (χ3n) is 6.33. The number of cyclic esters (lactones) is 1. The van der Waals surface area contributed by atoms with Crippen molar-refractivity contribution in [2.24, 2.45) is 5.73 Å². The zero-order valence-corrected chi connectivity index (χ0v) is 20.1. The van der Waals surface area contributed by atoms with Crippen molar-refractivity contribution < 1.29 is 19.1 Å². The van der Waals surface area contributed by atoms with Crippen LogP contribution in [0.2, 0.25) is 0 Å². The van der Waals surface area contributed by atoms with E-state index in [9.17, 15) is 14.4 Å². The van der Waals surface area contributed by atoms with Crippen LogP contribution < -0.4 is 16.0 Å². The fourth-order valence-electron chi connectivity index (χ4n) is 4.24. The molecule has 2 aromatic carbocycles. The number of fused-ring (bicyclic) bond motifs is 1. The van der Waals surface area contributed by atoms with Crippen LogP contribution in [0.3, 0.4) is 0 Å². The number of carbonyl (C=O) groups excluding carboxylic acids is 3. The molecule has 1 atom stereocenters. The lowest BCUT2D eigenvalue weighted by Crippen LogP contribution is -2.23. The predicted molar refractivity (Wildman–Crippen MR) is 142 cm³/mol. The van der Waals surface area contributed by atoms with Crippen molar-refractivity contribution in [3.63, 3.8) is 0 Å². The van der Waals surface area contributed by atoms with Gasteiger partial charge in [0.15, 0.2) is 0 Å². The maximum atomic E-state index is 12.9. The Kier molecular flexibility index (Phi) is 6.42. The number of carbonyl (C=O) groups is 3. The summed E-state index contributed by atoms with van der Waals surface area (Å²) in [6.07, 6.45) is 3.10. The number of benzene rings is 2. The van der Waals surface area contributed by atoms with E-state index < -0.39 is 11.8 Å². The summed E-state index contributed by atoms with van der Waals surface area (Å²) in [4.78, 5) is 45.9. The molecule has 4 N–H and O–H groups in total. The number of aromatic amines is 1. The summed E-state index contributed by atoms with van der Waals surface area (Å²) >= 11 is 0. The molecule has 1 fully saturated rings. The number of anilines is 2. The fourth-order valence-corrected chi connectivity index (χ4v) is 4.24. The van der Waals surface area contributed by atoms with Gasteiger partial charge in [-0.25, -0.2) is 9.78 Å². The molecule has 0 spiro atoms. The third-order valence-corrected chi connectivity index (χ3v) is 6.33. The van der Waals surface area contributed by atoms with E-state index in [0.29, 0.717) is 30.2 Å². The summed E-state index contributed by atoms with van der Waals surface area (Å²) in [5, 5.41) is 3.65. The molecule has 5 rings (SSSR count). The van der Waals surface area contributed by atoms with E-state index in [1.807, 2.05) is 48.5 Å². The van der Waals surface area contributed by atoms with Crippen molar-refractivity contribution in [3.05, 3.63) is 89.6 Å². The Bertz CT molecular complexity index is 1510. The van der Waals surface area contributed by atoms with Crippen molar-refractivity contribution in [2.45, 2.75) is 12.8 Å². The Morgan fingerprint density at radius 2 is 1.86 bits per heavy atom. The van der Waals surface area contributed by atoms with Gasteiger partial charge in [-0.3, -0.25) is 14.5 Å². The van der Waals surface area contributed by atoms with E-state index in [1.54, 1.807) is 42.3 Å². The molecule has 4 aromatic rings. The Balaban J connectivity index is 1.32. The van der Waals surface area contributed by atoms with Gasteiger partial charge in [0.2, 0.25) is 11.8 Å². The first-order chi connectivity index (χ1) is 17.9. The second-order valence-electron chi connectivity index (χ2n) is 8.69. The summed E-state index contributed by atoms with van der Waals surface area (Å²) < 4.78 is 4.97. The standard InChI is InChI=1S/C28H25N5O4/c1-17(18-7-9-21(10-8-18)33-13-14-37-28(33)36)27(35)32-24-12-11-22-20(16-30-26(22)31-24)15-23(25(29)34)19-5-3-2-4-6-19/h2-12,15-17H,13-14H2,1H3,(H2,29,34)(H2,30,31,32,35)/b23-15+. The molecule has 0 saturated carbocycles. The summed E-state index contributed by atoms with van der Waals surface area (Å²) in [5.41, 5.74) is 9.60. The molecule has 1 unspecified atom stereocenters. The van der Waals surface area contributed by atoms with E-state index >= 15 is 0 Å². The Morgan fingerprint density at radius 3 is 2.54 bits per heavy atom. The topological polar surface area (TPSA) is 130 Å². The molecule has 9 nitrogen and oxygen atoms in total. The largest absolute Gasteiger partial charge is 0.447 e. The highest BCUT2D eigenvalue weighted by molar-refractivity contribution is 6.24. The lowest BCUT2D eigenvalue weighted by atomic mass is 10.00. The zero-order chi connectivity index (χ0) is 25.9. The number of amides is 3. The van der Waals surface area contributed by atoms with Gasteiger partial charge in [0.25, 0.3) is 0 Å². The summed E-state index contributed by atoms with van der Waals surface area (Å²) in [7, 11) is 0. The minimum absolute atomic E-state index is 0.216. The lowest BCUT2D eigenvalue weighted by Gasteiger charge is -2.15. The molecular formula is C28H25N5O4.